The highest BCUT2D eigenvalue weighted by Gasteiger charge is 2.31. The largest absolute Gasteiger partial charge is 0.512 e. The molecule has 1 aromatic heterocycles. The van der Waals surface area contributed by atoms with Crippen molar-refractivity contribution >= 4 is 32.5 Å². The molecule has 0 fully saturated rings. The minimum absolute atomic E-state index is 0.0501. The molecule has 0 atom stereocenters. The second-order valence-electron chi connectivity index (χ2n) is 9.03. The van der Waals surface area contributed by atoms with E-state index in [1.165, 1.54) is 10.9 Å². The number of esters is 1. The summed E-state index contributed by atoms with van der Waals surface area (Å²) in [4.78, 5) is 13.2. The first-order valence-electron chi connectivity index (χ1n) is 10.3. The first kappa shape index (κ1) is 23.6. The van der Waals surface area contributed by atoms with Crippen molar-refractivity contribution in [1.29, 1.82) is 0 Å². The number of allylic oxidation sites excluding steroid dienone is 1. The van der Waals surface area contributed by atoms with Gasteiger partial charge in [0.15, 0.2) is 0 Å². The van der Waals surface area contributed by atoms with Crippen LogP contribution >= 0.6 is 0 Å². The monoisotopic (exact) mass is 455 g/mol. The molecule has 0 spiro atoms. The van der Waals surface area contributed by atoms with E-state index in [-0.39, 0.29) is 16.2 Å². The molecule has 0 amide bonds. The van der Waals surface area contributed by atoms with Crippen molar-refractivity contribution in [3.05, 3.63) is 70.6 Å². The van der Waals surface area contributed by atoms with Crippen molar-refractivity contribution in [3.63, 3.8) is 0 Å². The predicted molar refractivity (Wildman–Crippen MR) is 126 cm³/mol. The topological polar surface area (TPSA) is 85.6 Å². The number of nitrogens with zero attached hydrogens (tertiary/aromatic N) is 1. The number of aliphatic hydroxyl groups is 1. The van der Waals surface area contributed by atoms with E-state index in [0.29, 0.717) is 22.2 Å². The van der Waals surface area contributed by atoms with Crippen LogP contribution in [0, 0.1) is 20.8 Å². The number of rotatable bonds is 4. The Morgan fingerprint density at radius 2 is 1.53 bits per heavy atom. The first-order valence-corrected chi connectivity index (χ1v) is 11.8. The molecule has 0 saturated heterocycles. The maximum atomic E-state index is 13.6. The number of hydrogen-bond acceptors (Lipinski definition) is 5. The standard InChI is InChI=1S/C25H29NO5S/c1-15-8-11-19(12-9-15)32(29,30)26-17(3)22(20-14-16(2)10-13-21(20)26)23(18(4)27)24(28)31-25(5,6)7/h8-14,27H,1-7H3/b23-18-. The molecule has 0 unspecified atom stereocenters. The van der Waals surface area contributed by atoms with Crippen LogP contribution in [0.15, 0.2) is 53.1 Å². The molecule has 1 N–H and O–H groups in total. The van der Waals surface area contributed by atoms with Gasteiger partial charge in [-0.3, -0.25) is 0 Å². The smallest absolute Gasteiger partial charge is 0.342 e. The molecule has 3 rings (SSSR count). The summed E-state index contributed by atoms with van der Waals surface area (Å²) in [5.41, 5.74) is 2.09. The summed E-state index contributed by atoms with van der Waals surface area (Å²) in [6, 6.07) is 11.9. The lowest BCUT2D eigenvalue weighted by atomic mass is 10.00. The van der Waals surface area contributed by atoms with Crippen molar-refractivity contribution in [3.8, 4) is 0 Å². The number of hydrogen-bond donors (Lipinski definition) is 1. The highest BCUT2D eigenvalue weighted by Crippen LogP contribution is 2.37. The Kier molecular flexibility index (Phi) is 6.00. The zero-order chi connectivity index (χ0) is 24.0. The molecule has 1 heterocycles. The average Bonchev–Trinajstić information content (AvgIpc) is 2.93. The summed E-state index contributed by atoms with van der Waals surface area (Å²) in [6.45, 7) is 12.0. The van der Waals surface area contributed by atoms with E-state index < -0.39 is 21.6 Å². The van der Waals surface area contributed by atoms with E-state index in [1.54, 1.807) is 58.0 Å². The Balaban J connectivity index is 2.38. The molecule has 0 aliphatic heterocycles. The summed E-state index contributed by atoms with van der Waals surface area (Å²) in [6.07, 6.45) is 0. The zero-order valence-corrected chi connectivity index (χ0v) is 20.3. The van der Waals surface area contributed by atoms with E-state index in [1.807, 2.05) is 26.0 Å². The van der Waals surface area contributed by atoms with Crippen molar-refractivity contribution in [2.75, 3.05) is 0 Å². The second kappa shape index (κ2) is 8.13. The normalized spacial score (nSPS) is 13.2. The lowest BCUT2D eigenvalue weighted by Gasteiger charge is -2.21. The molecule has 0 radical (unpaired) electrons. The molecular formula is C25H29NO5S. The van der Waals surface area contributed by atoms with E-state index in [2.05, 4.69) is 0 Å². The molecule has 6 nitrogen and oxygen atoms in total. The highest BCUT2D eigenvalue weighted by atomic mass is 32.2. The third-order valence-electron chi connectivity index (χ3n) is 5.08. The van der Waals surface area contributed by atoms with Gasteiger partial charge in [0.25, 0.3) is 10.0 Å². The van der Waals surface area contributed by atoms with Gasteiger partial charge in [0, 0.05) is 16.6 Å². The fraction of sp³-hybridized carbons (Fsp3) is 0.320. The highest BCUT2D eigenvalue weighted by molar-refractivity contribution is 7.90. The van der Waals surface area contributed by atoms with Crippen LogP contribution in [0.4, 0.5) is 0 Å². The maximum Gasteiger partial charge on any atom is 0.342 e. The number of benzene rings is 2. The third-order valence-corrected chi connectivity index (χ3v) is 6.90. The molecule has 0 saturated carbocycles. The van der Waals surface area contributed by atoms with E-state index >= 15 is 0 Å². The van der Waals surface area contributed by atoms with Crippen LogP contribution < -0.4 is 0 Å². The van der Waals surface area contributed by atoms with Gasteiger partial charge in [-0.15, -0.1) is 0 Å². The van der Waals surface area contributed by atoms with Gasteiger partial charge in [0.05, 0.1) is 10.4 Å². The van der Waals surface area contributed by atoms with E-state index in [9.17, 15) is 18.3 Å². The summed E-state index contributed by atoms with van der Waals surface area (Å²) in [5, 5.41) is 11.0. The summed E-state index contributed by atoms with van der Waals surface area (Å²) in [5.74, 6) is -0.954. The van der Waals surface area contributed by atoms with Gasteiger partial charge in [-0.1, -0.05) is 29.3 Å². The van der Waals surface area contributed by atoms with E-state index in [4.69, 9.17) is 4.74 Å². The maximum absolute atomic E-state index is 13.6. The zero-order valence-electron chi connectivity index (χ0n) is 19.5. The Labute approximate surface area is 189 Å². The SMILES string of the molecule is C/C(O)=C(/C(=O)OC(C)(C)C)c1c(C)n(S(=O)(=O)c2ccc(C)cc2)c2ccc(C)cc12. The van der Waals surface area contributed by atoms with Crippen LogP contribution in [0.3, 0.4) is 0 Å². The first-order chi connectivity index (χ1) is 14.7. The molecule has 0 bridgehead atoms. The van der Waals surface area contributed by atoms with Gasteiger partial charge in [0.1, 0.15) is 16.9 Å². The Morgan fingerprint density at radius 1 is 0.969 bits per heavy atom. The molecule has 0 aliphatic carbocycles. The van der Waals surface area contributed by atoms with Crippen molar-refractivity contribution in [2.24, 2.45) is 0 Å². The minimum atomic E-state index is -3.96. The summed E-state index contributed by atoms with van der Waals surface area (Å²) in [7, 11) is -3.96. The Morgan fingerprint density at radius 3 is 2.06 bits per heavy atom. The van der Waals surface area contributed by atoms with Crippen molar-refractivity contribution in [2.45, 2.75) is 59.0 Å². The van der Waals surface area contributed by atoms with Crippen LogP contribution in [0.25, 0.3) is 16.5 Å². The molecular weight excluding hydrogens is 426 g/mol. The van der Waals surface area contributed by atoms with E-state index in [0.717, 1.165) is 11.1 Å². The minimum Gasteiger partial charge on any atom is -0.512 e. The molecule has 0 aliphatic rings. The Bertz CT molecular complexity index is 1330. The van der Waals surface area contributed by atoms with Gasteiger partial charge in [0.2, 0.25) is 0 Å². The molecule has 3 aromatic rings. The summed E-state index contributed by atoms with van der Waals surface area (Å²) < 4.78 is 34.0. The lowest BCUT2D eigenvalue weighted by molar-refractivity contribution is -0.147. The van der Waals surface area contributed by atoms with Gasteiger partial charge in [-0.05, 0) is 72.7 Å². The quantitative estimate of drug-likeness (QED) is 0.322. The van der Waals surface area contributed by atoms with Gasteiger partial charge < -0.3 is 9.84 Å². The molecule has 7 heteroatoms. The number of aromatic nitrogens is 1. The molecule has 32 heavy (non-hydrogen) atoms. The van der Waals surface area contributed by atoms with Crippen LogP contribution in [-0.2, 0) is 19.6 Å². The van der Waals surface area contributed by atoms with Crippen LogP contribution in [-0.4, -0.2) is 29.1 Å². The Hall–Kier alpha value is -3.06. The van der Waals surface area contributed by atoms with Crippen molar-refractivity contribution in [1.82, 2.24) is 3.97 Å². The number of carbonyl (C=O) groups is 1. The lowest BCUT2D eigenvalue weighted by Crippen LogP contribution is -2.25. The predicted octanol–water partition coefficient (Wildman–Crippen LogP) is 5.43. The molecule has 2 aromatic carbocycles. The number of aliphatic hydroxyl groups excluding tert-OH is 1. The average molecular weight is 456 g/mol. The van der Waals surface area contributed by atoms with Crippen molar-refractivity contribution < 1.29 is 23.1 Å². The van der Waals surface area contributed by atoms with Crippen LogP contribution in [0.2, 0.25) is 0 Å². The molecule has 170 valence electrons. The summed E-state index contributed by atoms with van der Waals surface area (Å²) >= 11 is 0. The number of aryl methyl sites for hydroxylation is 2. The van der Waals surface area contributed by atoms with Gasteiger partial charge >= 0.3 is 5.97 Å². The van der Waals surface area contributed by atoms with Gasteiger partial charge in [-0.2, -0.15) is 0 Å². The number of ether oxygens (including phenoxy) is 1. The fourth-order valence-corrected chi connectivity index (χ4v) is 5.27. The van der Waals surface area contributed by atoms with Crippen LogP contribution in [0.5, 0.6) is 0 Å². The number of carbonyl (C=O) groups excluding carboxylic acids is 1. The van der Waals surface area contributed by atoms with Gasteiger partial charge in [-0.25, -0.2) is 17.2 Å². The van der Waals surface area contributed by atoms with Crippen LogP contribution in [0.1, 0.15) is 50.1 Å². The second-order valence-corrected chi connectivity index (χ2v) is 10.8. The third kappa shape index (κ3) is 4.30. The number of fused-ring (bicyclic) bond motifs is 1. The fourth-order valence-electron chi connectivity index (χ4n) is 3.71.